The van der Waals surface area contributed by atoms with E-state index in [4.69, 9.17) is 11.5 Å². The van der Waals surface area contributed by atoms with E-state index in [1.165, 1.54) is 0 Å². The van der Waals surface area contributed by atoms with Crippen molar-refractivity contribution in [2.24, 2.45) is 11.5 Å². The molecular formula is C19H36N4O2S. The molecule has 6 nitrogen and oxygen atoms in total. The van der Waals surface area contributed by atoms with Crippen LogP contribution in [0.2, 0.25) is 0 Å². The fourth-order valence-corrected chi connectivity index (χ4v) is 3.97. The van der Waals surface area contributed by atoms with Gasteiger partial charge in [0.1, 0.15) is 5.37 Å². The standard InChI is InChI=1S/C19H36N4O2S/c1-17-8-10-18(11-9-17)26(24,25)19(21)7-6-16-23-15-5-4-14-22-13-3-2-12-20/h8-11,19,22-23H,2-7,12-16,20-21H2,1H3. The Labute approximate surface area is 159 Å². The molecule has 1 unspecified atom stereocenters. The minimum Gasteiger partial charge on any atom is -0.330 e. The summed E-state index contributed by atoms with van der Waals surface area (Å²) in [6.07, 6.45) is 5.68. The minimum atomic E-state index is -3.44. The first-order valence-electron chi connectivity index (χ1n) is 9.66. The maximum Gasteiger partial charge on any atom is 0.193 e. The summed E-state index contributed by atoms with van der Waals surface area (Å²) in [7, 11) is -3.44. The Balaban J connectivity index is 2.07. The van der Waals surface area contributed by atoms with Gasteiger partial charge in [-0.2, -0.15) is 0 Å². The van der Waals surface area contributed by atoms with Crippen LogP contribution in [0.5, 0.6) is 0 Å². The highest BCUT2D eigenvalue weighted by Crippen LogP contribution is 2.16. The molecule has 0 fully saturated rings. The fraction of sp³-hybridized carbons (Fsp3) is 0.684. The van der Waals surface area contributed by atoms with E-state index in [1.807, 2.05) is 6.92 Å². The first kappa shape index (κ1) is 23.0. The van der Waals surface area contributed by atoms with Crippen LogP contribution in [0.4, 0.5) is 0 Å². The molecule has 1 aromatic carbocycles. The molecule has 0 aliphatic rings. The van der Waals surface area contributed by atoms with Crippen LogP contribution in [-0.2, 0) is 9.84 Å². The maximum absolute atomic E-state index is 12.4. The van der Waals surface area contributed by atoms with E-state index < -0.39 is 15.2 Å². The van der Waals surface area contributed by atoms with Crippen LogP contribution in [0.15, 0.2) is 29.2 Å². The highest BCUT2D eigenvalue weighted by molar-refractivity contribution is 7.92. The van der Waals surface area contributed by atoms with Gasteiger partial charge in [-0.25, -0.2) is 8.42 Å². The van der Waals surface area contributed by atoms with E-state index in [2.05, 4.69) is 10.6 Å². The van der Waals surface area contributed by atoms with E-state index >= 15 is 0 Å². The number of hydrogen-bond acceptors (Lipinski definition) is 6. The Kier molecular flexibility index (Phi) is 11.7. The lowest BCUT2D eigenvalue weighted by Gasteiger charge is -2.13. The van der Waals surface area contributed by atoms with Crippen LogP contribution >= 0.6 is 0 Å². The van der Waals surface area contributed by atoms with Crippen LogP contribution in [0, 0.1) is 6.92 Å². The van der Waals surface area contributed by atoms with Crippen molar-refractivity contribution in [1.82, 2.24) is 10.6 Å². The van der Waals surface area contributed by atoms with Gasteiger partial charge in [0.15, 0.2) is 9.84 Å². The van der Waals surface area contributed by atoms with Crippen molar-refractivity contribution in [3.63, 3.8) is 0 Å². The molecule has 0 aliphatic heterocycles. The van der Waals surface area contributed by atoms with E-state index in [0.29, 0.717) is 11.3 Å². The summed E-state index contributed by atoms with van der Waals surface area (Å²) >= 11 is 0. The second-order valence-corrected chi connectivity index (χ2v) is 8.91. The van der Waals surface area contributed by atoms with Crippen molar-refractivity contribution in [3.8, 4) is 0 Å². The summed E-state index contributed by atoms with van der Waals surface area (Å²) in [6, 6.07) is 6.86. The molecule has 1 atom stereocenters. The Morgan fingerprint density at radius 3 is 1.92 bits per heavy atom. The third-order valence-corrected chi connectivity index (χ3v) is 6.32. The summed E-state index contributed by atoms with van der Waals surface area (Å²) in [4.78, 5) is 0.308. The molecule has 150 valence electrons. The van der Waals surface area contributed by atoms with Crippen LogP contribution < -0.4 is 22.1 Å². The van der Waals surface area contributed by atoms with E-state index in [-0.39, 0.29) is 0 Å². The summed E-state index contributed by atoms with van der Waals surface area (Å²) in [5.41, 5.74) is 12.4. The average Bonchev–Trinajstić information content (AvgIpc) is 2.62. The zero-order valence-electron chi connectivity index (χ0n) is 16.0. The molecule has 0 radical (unpaired) electrons. The van der Waals surface area contributed by atoms with Gasteiger partial charge in [0.25, 0.3) is 0 Å². The summed E-state index contributed by atoms with van der Waals surface area (Å²) in [5.74, 6) is 0. The predicted molar refractivity (Wildman–Crippen MR) is 109 cm³/mol. The van der Waals surface area contributed by atoms with Gasteiger partial charge in [-0.1, -0.05) is 17.7 Å². The molecule has 0 amide bonds. The maximum atomic E-state index is 12.4. The molecule has 6 N–H and O–H groups in total. The first-order valence-corrected chi connectivity index (χ1v) is 11.2. The third-order valence-electron chi connectivity index (χ3n) is 4.36. The van der Waals surface area contributed by atoms with Crippen LogP contribution in [0.3, 0.4) is 0 Å². The van der Waals surface area contributed by atoms with E-state index in [9.17, 15) is 8.42 Å². The lowest BCUT2D eigenvalue weighted by molar-refractivity contribution is 0.543. The molecule has 1 rings (SSSR count). The van der Waals surface area contributed by atoms with Crippen molar-refractivity contribution in [3.05, 3.63) is 29.8 Å². The van der Waals surface area contributed by atoms with Gasteiger partial charge < -0.3 is 22.1 Å². The molecule has 1 aromatic rings. The van der Waals surface area contributed by atoms with Gasteiger partial charge in [0.2, 0.25) is 0 Å². The van der Waals surface area contributed by atoms with Gasteiger partial charge in [-0.05, 0) is 90.3 Å². The topological polar surface area (TPSA) is 110 Å². The second-order valence-electron chi connectivity index (χ2n) is 6.74. The smallest absolute Gasteiger partial charge is 0.193 e. The van der Waals surface area contributed by atoms with Crippen molar-refractivity contribution in [1.29, 1.82) is 0 Å². The molecule has 0 heterocycles. The van der Waals surface area contributed by atoms with Gasteiger partial charge in [0, 0.05) is 0 Å². The Hall–Kier alpha value is -0.990. The van der Waals surface area contributed by atoms with Gasteiger partial charge in [-0.15, -0.1) is 0 Å². The molecular weight excluding hydrogens is 348 g/mol. The van der Waals surface area contributed by atoms with E-state index in [0.717, 1.165) is 70.4 Å². The number of nitrogens with two attached hydrogens (primary N) is 2. The normalized spacial score (nSPS) is 13.0. The molecule has 26 heavy (non-hydrogen) atoms. The van der Waals surface area contributed by atoms with Crippen LogP contribution in [-0.4, -0.2) is 46.5 Å². The first-order chi connectivity index (χ1) is 12.5. The van der Waals surface area contributed by atoms with Crippen molar-refractivity contribution in [2.75, 3.05) is 32.7 Å². The fourth-order valence-electron chi connectivity index (χ4n) is 2.63. The van der Waals surface area contributed by atoms with Gasteiger partial charge >= 0.3 is 0 Å². The Morgan fingerprint density at radius 2 is 1.38 bits per heavy atom. The highest BCUT2D eigenvalue weighted by Gasteiger charge is 2.23. The third kappa shape index (κ3) is 9.09. The number of hydrogen-bond donors (Lipinski definition) is 4. The lowest BCUT2D eigenvalue weighted by atomic mass is 10.2. The number of nitrogens with one attached hydrogen (secondary N) is 2. The number of benzene rings is 1. The number of rotatable bonds is 15. The number of sulfone groups is 1. The Morgan fingerprint density at radius 1 is 0.885 bits per heavy atom. The second kappa shape index (κ2) is 13.2. The van der Waals surface area contributed by atoms with Crippen LogP contribution in [0.1, 0.15) is 44.1 Å². The van der Waals surface area contributed by atoms with Crippen molar-refractivity contribution in [2.45, 2.75) is 55.7 Å². The number of unbranched alkanes of at least 4 members (excludes halogenated alkanes) is 2. The molecule has 0 bridgehead atoms. The quantitative estimate of drug-likeness (QED) is 0.341. The number of aryl methyl sites for hydroxylation is 1. The van der Waals surface area contributed by atoms with Crippen molar-refractivity contribution < 1.29 is 8.42 Å². The molecule has 0 spiro atoms. The summed E-state index contributed by atoms with van der Waals surface area (Å²) < 4.78 is 24.8. The average molecular weight is 385 g/mol. The zero-order valence-corrected chi connectivity index (χ0v) is 16.9. The lowest BCUT2D eigenvalue weighted by Crippen LogP contribution is -2.31. The van der Waals surface area contributed by atoms with Crippen molar-refractivity contribution >= 4 is 9.84 Å². The summed E-state index contributed by atoms with van der Waals surface area (Å²) in [5, 5.41) is 5.92. The van der Waals surface area contributed by atoms with E-state index in [1.54, 1.807) is 24.3 Å². The monoisotopic (exact) mass is 384 g/mol. The largest absolute Gasteiger partial charge is 0.330 e. The molecule has 0 aromatic heterocycles. The molecule has 0 aliphatic carbocycles. The Bertz CT molecular complexity index is 576. The zero-order chi connectivity index (χ0) is 19.3. The molecule has 0 saturated carbocycles. The minimum absolute atomic E-state index is 0.308. The predicted octanol–water partition coefficient (Wildman–Crippen LogP) is 1.53. The molecule has 0 saturated heterocycles. The molecule has 7 heteroatoms. The SMILES string of the molecule is Cc1ccc(S(=O)(=O)C(N)CCCNCCCCNCCCCN)cc1. The van der Waals surface area contributed by atoms with Crippen LogP contribution in [0.25, 0.3) is 0 Å². The highest BCUT2D eigenvalue weighted by atomic mass is 32.2. The van der Waals surface area contributed by atoms with Gasteiger partial charge in [-0.3, -0.25) is 0 Å². The summed E-state index contributed by atoms with van der Waals surface area (Å²) in [6.45, 7) is 6.51. The van der Waals surface area contributed by atoms with Gasteiger partial charge in [0.05, 0.1) is 4.90 Å².